The number of nitrogens with zero attached hydrogens (tertiary/aromatic N) is 3. The van der Waals surface area contributed by atoms with Crippen molar-refractivity contribution in [3.05, 3.63) is 77.7 Å². The summed E-state index contributed by atoms with van der Waals surface area (Å²) in [5.41, 5.74) is 5.70. The molecule has 2 unspecified atom stereocenters. The molecule has 2 aromatic carbocycles. The highest BCUT2D eigenvalue weighted by atomic mass is 19.1. The summed E-state index contributed by atoms with van der Waals surface area (Å²) >= 11 is 0. The van der Waals surface area contributed by atoms with E-state index in [-0.39, 0.29) is 23.8 Å². The zero-order chi connectivity index (χ0) is 24.5. The summed E-state index contributed by atoms with van der Waals surface area (Å²) in [7, 11) is 1.59. The highest BCUT2D eigenvalue weighted by Crippen LogP contribution is 2.34. The second-order valence-electron chi connectivity index (χ2n) is 8.48. The van der Waals surface area contributed by atoms with Crippen molar-refractivity contribution in [1.82, 2.24) is 20.3 Å². The van der Waals surface area contributed by atoms with Gasteiger partial charge in [-0.05, 0) is 56.2 Å². The largest absolute Gasteiger partial charge is 0.493 e. The summed E-state index contributed by atoms with van der Waals surface area (Å²) in [4.78, 5) is 19.6. The fourth-order valence-electron chi connectivity index (χ4n) is 4.41. The number of hydrazine groups is 1. The summed E-state index contributed by atoms with van der Waals surface area (Å²) in [6.07, 6.45) is 4.18. The van der Waals surface area contributed by atoms with Gasteiger partial charge >= 0.3 is 0 Å². The smallest absolute Gasteiger partial charge is 0.251 e. The number of oxazole rings is 1. The molecule has 2 aliphatic heterocycles. The molecule has 0 bridgehead atoms. The quantitative estimate of drug-likeness (QED) is 0.541. The molecule has 0 radical (unpaired) electrons. The second kappa shape index (κ2) is 9.42. The number of carbonyl (C=O) groups excluding carboxylic acids is 1. The van der Waals surface area contributed by atoms with Gasteiger partial charge < -0.3 is 23.8 Å². The summed E-state index contributed by atoms with van der Waals surface area (Å²) in [6, 6.07) is 11.5. The molecule has 9 heteroatoms. The topological polar surface area (TPSA) is 80.1 Å². The van der Waals surface area contributed by atoms with Crippen LogP contribution in [0.5, 0.6) is 11.5 Å². The molecule has 182 valence electrons. The van der Waals surface area contributed by atoms with Crippen LogP contribution in [0.25, 0.3) is 11.5 Å². The molecule has 1 N–H and O–H groups in total. The molecular formula is C26H27FN4O4. The number of aromatic nitrogens is 1. The molecular weight excluding hydrogens is 451 g/mol. The van der Waals surface area contributed by atoms with Gasteiger partial charge in [-0.3, -0.25) is 4.79 Å². The van der Waals surface area contributed by atoms with Crippen LogP contribution in [0.3, 0.4) is 0 Å². The van der Waals surface area contributed by atoms with Gasteiger partial charge in [-0.1, -0.05) is 12.1 Å². The van der Waals surface area contributed by atoms with Gasteiger partial charge in [0.25, 0.3) is 5.91 Å². The van der Waals surface area contributed by atoms with Crippen molar-refractivity contribution >= 4 is 5.91 Å². The molecule has 2 aliphatic rings. The van der Waals surface area contributed by atoms with Gasteiger partial charge in [0.2, 0.25) is 5.89 Å². The van der Waals surface area contributed by atoms with E-state index in [4.69, 9.17) is 13.9 Å². The van der Waals surface area contributed by atoms with E-state index in [9.17, 15) is 9.18 Å². The number of rotatable bonds is 7. The summed E-state index contributed by atoms with van der Waals surface area (Å²) < 4.78 is 30.2. The first-order chi connectivity index (χ1) is 17.0. The summed E-state index contributed by atoms with van der Waals surface area (Å²) in [6.45, 7) is 4.58. The standard InChI is InChI=1S/C26H27FN4O4/c1-4-34-23-10-7-18(13-24(23)33-3)25-28-21(16(2)35-25)15-30-11-12-31-22(26(30)32)14-20(29-31)17-5-8-19(27)9-6-17/h5-13,20,22,29H,4,14-15H2,1-3H3. The highest BCUT2D eigenvalue weighted by Gasteiger charge is 2.40. The van der Waals surface area contributed by atoms with Gasteiger partial charge in [-0.25, -0.2) is 14.8 Å². The predicted octanol–water partition coefficient (Wildman–Crippen LogP) is 4.33. The number of nitrogens with one attached hydrogen (secondary N) is 1. The third-order valence-electron chi connectivity index (χ3n) is 6.27. The number of amides is 1. The van der Waals surface area contributed by atoms with Gasteiger partial charge in [0.05, 0.1) is 26.3 Å². The van der Waals surface area contributed by atoms with Crippen molar-refractivity contribution in [1.29, 1.82) is 0 Å². The number of methoxy groups -OCH3 is 1. The molecule has 5 rings (SSSR count). The molecule has 0 saturated carbocycles. The maximum Gasteiger partial charge on any atom is 0.251 e. The van der Waals surface area contributed by atoms with Crippen LogP contribution in [-0.4, -0.2) is 40.6 Å². The monoisotopic (exact) mass is 478 g/mol. The first-order valence-electron chi connectivity index (χ1n) is 11.5. The lowest BCUT2D eigenvalue weighted by Crippen LogP contribution is -2.47. The molecule has 3 heterocycles. The highest BCUT2D eigenvalue weighted by molar-refractivity contribution is 5.84. The molecule has 1 fully saturated rings. The van der Waals surface area contributed by atoms with Gasteiger partial charge in [-0.15, -0.1) is 0 Å². The van der Waals surface area contributed by atoms with Gasteiger partial charge in [-0.2, -0.15) is 0 Å². The third-order valence-corrected chi connectivity index (χ3v) is 6.27. The molecule has 8 nitrogen and oxygen atoms in total. The maximum absolute atomic E-state index is 13.3. The van der Waals surface area contributed by atoms with E-state index in [1.54, 1.807) is 30.3 Å². The first kappa shape index (κ1) is 22.9. The molecule has 35 heavy (non-hydrogen) atoms. The fourth-order valence-corrected chi connectivity index (χ4v) is 4.41. The normalized spacial score (nSPS) is 19.3. The lowest BCUT2D eigenvalue weighted by atomic mass is 10.0. The van der Waals surface area contributed by atoms with Crippen molar-refractivity contribution in [3.8, 4) is 23.0 Å². The van der Waals surface area contributed by atoms with Crippen LogP contribution in [0, 0.1) is 12.7 Å². The van der Waals surface area contributed by atoms with Crippen molar-refractivity contribution in [2.75, 3.05) is 13.7 Å². The zero-order valence-corrected chi connectivity index (χ0v) is 19.8. The maximum atomic E-state index is 13.3. The van der Waals surface area contributed by atoms with Crippen LogP contribution in [0.4, 0.5) is 4.39 Å². The van der Waals surface area contributed by atoms with Crippen molar-refractivity contribution in [2.24, 2.45) is 0 Å². The number of ether oxygens (including phenoxy) is 2. The SMILES string of the molecule is CCOc1ccc(-c2nc(CN3C=CN4NC(c5ccc(F)cc5)CC4C3=O)c(C)o2)cc1OC. The van der Waals surface area contributed by atoms with Crippen molar-refractivity contribution in [3.63, 3.8) is 0 Å². The number of carbonyl (C=O) groups is 1. The lowest BCUT2D eigenvalue weighted by Gasteiger charge is -2.31. The van der Waals surface area contributed by atoms with Crippen LogP contribution in [-0.2, 0) is 11.3 Å². The number of aryl methyl sites for hydroxylation is 1. The van der Waals surface area contributed by atoms with E-state index in [1.807, 2.05) is 43.3 Å². The fraction of sp³-hybridized carbons (Fsp3) is 0.308. The van der Waals surface area contributed by atoms with Crippen molar-refractivity contribution < 1.29 is 23.1 Å². The zero-order valence-electron chi connectivity index (χ0n) is 19.8. The molecule has 0 spiro atoms. The Balaban J connectivity index is 1.31. The minimum atomic E-state index is -0.350. The first-order valence-corrected chi connectivity index (χ1v) is 11.5. The Labute approximate surface area is 202 Å². The van der Waals surface area contributed by atoms with E-state index in [1.165, 1.54) is 12.1 Å². The average molecular weight is 479 g/mol. The average Bonchev–Trinajstić information content (AvgIpc) is 3.46. The lowest BCUT2D eigenvalue weighted by molar-refractivity contribution is -0.135. The van der Waals surface area contributed by atoms with Crippen LogP contribution in [0.1, 0.15) is 36.4 Å². The number of fused-ring (bicyclic) bond motifs is 1. The van der Waals surface area contributed by atoms with Gasteiger partial charge in [0.1, 0.15) is 23.3 Å². The minimum Gasteiger partial charge on any atom is -0.493 e. The number of benzene rings is 2. The Morgan fingerprint density at radius 2 is 1.97 bits per heavy atom. The van der Waals surface area contributed by atoms with E-state index in [0.717, 1.165) is 11.1 Å². The van der Waals surface area contributed by atoms with Crippen LogP contribution in [0.15, 0.2) is 59.3 Å². The molecule has 1 saturated heterocycles. The van der Waals surface area contributed by atoms with Crippen LogP contribution < -0.4 is 14.9 Å². The Morgan fingerprint density at radius 3 is 2.71 bits per heavy atom. The Bertz CT molecular complexity index is 1260. The van der Waals surface area contributed by atoms with Crippen LogP contribution >= 0.6 is 0 Å². The summed E-state index contributed by atoms with van der Waals surface area (Å²) in [5, 5.41) is 1.82. The Morgan fingerprint density at radius 1 is 1.17 bits per heavy atom. The number of hydrogen-bond acceptors (Lipinski definition) is 7. The second-order valence-corrected chi connectivity index (χ2v) is 8.48. The molecule has 0 aliphatic carbocycles. The van der Waals surface area contributed by atoms with Gasteiger partial charge in [0.15, 0.2) is 11.5 Å². The minimum absolute atomic E-state index is 0.0312. The van der Waals surface area contributed by atoms with Crippen LogP contribution in [0.2, 0.25) is 0 Å². The molecule has 2 atom stereocenters. The van der Waals surface area contributed by atoms with E-state index < -0.39 is 0 Å². The van der Waals surface area contributed by atoms with E-state index in [2.05, 4.69) is 10.4 Å². The van der Waals surface area contributed by atoms with E-state index >= 15 is 0 Å². The Kier molecular flexibility index (Phi) is 6.17. The molecule has 1 amide bonds. The van der Waals surface area contributed by atoms with E-state index in [0.29, 0.717) is 48.4 Å². The van der Waals surface area contributed by atoms with Crippen molar-refractivity contribution in [2.45, 2.75) is 38.9 Å². The third kappa shape index (κ3) is 4.46. The summed E-state index contributed by atoms with van der Waals surface area (Å²) in [5.74, 6) is 2.03. The Hall–Kier alpha value is -3.85. The number of hydrogen-bond donors (Lipinski definition) is 1. The molecule has 3 aromatic rings. The number of halogens is 1. The van der Waals surface area contributed by atoms with Gasteiger partial charge in [0, 0.05) is 18.0 Å². The predicted molar refractivity (Wildman–Crippen MR) is 127 cm³/mol. The molecule has 1 aromatic heterocycles.